The Bertz CT molecular complexity index is 1040. The summed E-state index contributed by atoms with van der Waals surface area (Å²) in [7, 11) is 0. The van der Waals surface area contributed by atoms with Gasteiger partial charge in [0.05, 0.1) is 11.0 Å². The number of benzene rings is 2. The van der Waals surface area contributed by atoms with Crippen LogP contribution in [0, 0.1) is 0 Å². The first-order valence-electron chi connectivity index (χ1n) is 11.0. The number of carbonyl (C=O) groups excluding carboxylic acids is 2. The van der Waals surface area contributed by atoms with Gasteiger partial charge in [-0.3, -0.25) is 10.0 Å². The average Bonchev–Trinajstić information content (AvgIpc) is 3.17. The molecule has 0 saturated heterocycles. The quantitative estimate of drug-likeness (QED) is 0.126. The maximum Gasteiger partial charge on any atom is 0.267 e. The molecule has 7 nitrogen and oxygen atoms in total. The first-order valence-corrected chi connectivity index (χ1v) is 11.0. The van der Waals surface area contributed by atoms with Gasteiger partial charge in [0, 0.05) is 25.5 Å². The number of unbranched alkanes of at least 4 members (excludes halogenated alkanes) is 1. The molecule has 0 saturated carbocycles. The lowest BCUT2D eigenvalue weighted by Crippen LogP contribution is -2.19. The summed E-state index contributed by atoms with van der Waals surface area (Å²) in [6.07, 6.45) is 8.06. The molecule has 1 amide bonds. The molecule has 3 aromatic rings. The van der Waals surface area contributed by atoms with Gasteiger partial charge in [-0.25, -0.2) is 10.5 Å². The lowest BCUT2D eigenvalue weighted by Gasteiger charge is -2.10. The van der Waals surface area contributed by atoms with Crippen molar-refractivity contribution >= 4 is 29.3 Å². The molecule has 0 aliphatic heterocycles. The van der Waals surface area contributed by atoms with Crippen LogP contribution in [0.5, 0.6) is 0 Å². The average molecular weight is 435 g/mol. The third kappa shape index (κ3) is 6.87. The number of aldehydes is 1. The molecule has 0 radical (unpaired) electrons. The number of hydroxylamine groups is 1. The van der Waals surface area contributed by atoms with Gasteiger partial charge in [0.25, 0.3) is 5.91 Å². The van der Waals surface area contributed by atoms with Crippen molar-refractivity contribution in [3.05, 3.63) is 71.6 Å². The predicted octanol–water partition coefficient (Wildman–Crippen LogP) is 3.30. The van der Waals surface area contributed by atoms with E-state index in [1.807, 2.05) is 24.3 Å². The normalized spacial score (nSPS) is 11.3. The van der Waals surface area contributed by atoms with Crippen LogP contribution in [0.1, 0.15) is 36.2 Å². The Morgan fingerprint density at radius 2 is 1.88 bits per heavy atom. The van der Waals surface area contributed by atoms with E-state index in [1.165, 1.54) is 11.6 Å². The number of rotatable bonds is 13. The van der Waals surface area contributed by atoms with Crippen molar-refractivity contribution in [1.29, 1.82) is 0 Å². The summed E-state index contributed by atoms with van der Waals surface area (Å²) >= 11 is 0. The van der Waals surface area contributed by atoms with Crippen molar-refractivity contribution in [2.24, 2.45) is 0 Å². The summed E-state index contributed by atoms with van der Waals surface area (Å²) in [6, 6.07) is 16.3. The second kappa shape index (κ2) is 12.5. The van der Waals surface area contributed by atoms with Gasteiger partial charge < -0.3 is 14.7 Å². The van der Waals surface area contributed by atoms with Crippen LogP contribution in [-0.2, 0) is 29.0 Å². The van der Waals surface area contributed by atoms with Crippen LogP contribution in [0.2, 0.25) is 0 Å². The van der Waals surface area contributed by atoms with Gasteiger partial charge in [0.2, 0.25) is 0 Å². The third-order valence-corrected chi connectivity index (χ3v) is 5.28. The highest BCUT2D eigenvalue weighted by Crippen LogP contribution is 2.21. The Balaban J connectivity index is 1.74. The number of imidazole rings is 1. The number of hydrogen-bond donors (Lipinski definition) is 3. The summed E-state index contributed by atoms with van der Waals surface area (Å²) in [6.45, 7) is 2.58. The molecule has 0 fully saturated rings. The third-order valence-electron chi connectivity index (χ3n) is 5.28. The van der Waals surface area contributed by atoms with Crippen molar-refractivity contribution in [3.63, 3.8) is 0 Å². The van der Waals surface area contributed by atoms with Crippen LogP contribution in [0.4, 0.5) is 0 Å². The summed E-state index contributed by atoms with van der Waals surface area (Å²) < 4.78 is 2.28. The number of aryl methyl sites for hydroxylation is 3. The number of nitrogens with zero attached hydrogens (tertiary/aromatic N) is 2. The lowest BCUT2D eigenvalue weighted by atomic mass is 10.1. The topological polar surface area (TPSA) is 96.2 Å². The van der Waals surface area contributed by atoms with E-state index < -0.39 is 5.91 Å². The van der Waals surface area contributed by atoms with Crippen molar-refractivity contribution in [2.45, 2.75) is 38.6 Å². The van der Waals surface area contributed by atoms with Crippen LogP contribution in [0.15, 0.2) is 54.6 Å². The van der Waals surface area contributed by atoms with E-state index in [9.17, 15) is 9.59 Å². The Morgan fingerprint density at radius 1 is 1.06 bits per heavy atom. The molecule has 0 aliphatic rings. The molecule has 1 aromatic heterocycles. The highest BCUT2D eigenvalue weighted by molar-refractivity contribution is 5.91. The fourth-order valence-electron chi connectivity index (χ4n) is 3.65. The first kappa shape index (κ1) is 23.4. The van der Waals surface area contributed by atoms with Gasteiger partial charge in [0.15, 0.2) is 0 Å². The second-order valence-corrected chi connectivity index (χ2v) is 7.64. The van der Waals surface area contributed by atoms with E-state index >= 15 is 0 Å². The second-order valence-electron chi connectivity index (χ2n) is 7.64. The fraction of sp³-hybridized carbons (Fsp3) is 0.320. The van der Waals surface area contributed by atoms with Gasteiger partial charge >= 0.3 is 0 Å². The van der Waals surface area contributed by atoms with Gasteiger partial charge in [0.1, 0.15) is 12.1 Å². The summed E-state index contributed by atoms with van der Waals surface area (Å²) in [5.74, 6) is 0.471. The zero-order valence-corrected chi connectivity index (χ0v) is 18.2. The van der Waals surface area contributed by atoms with Crippen molar-refractivity contribution < 1.29 is 14.8 Å². The predicted molar refractivity (Wildman–Crippen MR) is 125 cm³/mol. The molecule has 0 spiro atoms. The van der Waals surface area contributed by atoms with E-state index in [0.29, 0.717) is 6.42 Å². The number of nitrogens with one attached hydrogen (secondary N) is 2. The number of aromatic nitrogens is 2. The van der Waals surface area contributed by atoms with E-state index in [-0.39, 0.29) is 0 Å². The molecule has 0 bridgehead atoms. The number of fused-ring (bicyclic) bond motifs is 1. The monoisotopic (exact) mass is 434 g/mol. The lowest BCUT2D eigenvalue weighted by molar-refractivity contribution is -0.124. The van der Waals surface area contributed by atoms with Crippen LogP contribution in [0.3, 0.4) is 0 Å². The zero-order chi connectivity index (χ0) is 22.6. The van der Waals surface area contributed by atoms with E-state index in [1.54, 1.807) is 11.6 Å². The van der Waals surface area contributed by atoms with E-state index in [4.69, 9.17) is 10.2 Å². The summed E-state index contributed by atoms with van der Waals surface area (Å²) in [5, 5.41) is 12.0. The van der Waals surface area contributed by atoms with Crippen molar-refractivity contribution in [1.82, 2.24) is 20.3 Å². The summed E-state index contributed by atoms with van der Waals surface area (Å²) in [4.78, 5) is 26.6. The molecule has 32 heavy (non-hydrogen) atoms. The van der Waals surface area contributed by atoms with Crippen LogP contribution >= 0.6 is 0 Å². The number of carbonyl (C=O) groups is 2. The molecule has 3 N–H and O–H groups in total. The van der Waals surface area contributed by atoms with Crippen LogP contribution in [-0.4, -0.2) is 40.0 Å². The highest BCUT2D eigenvalue weighted by atomic mass is 16.5. The molecular formula is C25H30N4O3. The molecule has 7 heteroatoms. The molecule has 168 valence electrons. The van der Waals surface area contributed by atoms with Gasteiger partial charge in [-0.2, -0.15) is 0 Å². The molecule has 1 heterocycles. The minimum Gasteiger partial charge on any atom is -0.328 e. The van der Waals surface area contributed by atoms with Gasteiger partial charge in [-0.15, -0.1) is 0 Å². The molecule has 3 rings (SSSR count). The van der Waals surface area contributed by atoms with Crippen molar-refractivity contribution in [3.8, 4) is 0 Å². The maximum atomic E-state index is 11.3. The highest BCUT2D eigenvalue weighted by Gasteiger charge is 2.11. The standard InChI is InChI=1S/C25H30N4O3/c30-18-5-4-15-26-16-6-17-29-23-12-9-21(11-14-25(31)28-32)19-22(23)27-24(29)13-10-20-7-2-1-3-8-20/h1-3,7-9,11-12,14,18-19,26,32H,4-6,10,13,15-17H2,(H,28,31)/b14-11+. The zero-order valence-electron chi connectivity index (χ0n) is 18.2. The van der Waals surface area contributed by atoms with Crippen molar-refractivity contribution in [2.75, 3.05) is 13.1 Å². The van der Waals surface area contributed by atoms with Gasteiger partial charge in [-0.05, 0) is 61.7 Å². The smallest absolute Gasteiger partial charge is 0.267 e. The minimum absolute atomic E-state index is 0.570. The Kier molecular flexibility index (Phi) is 9.16. The first-order chi connectivity index (χ1) is 15.7. The van der Waals surface area contributed by atoms with E-state index in [2.05, 4.69) is 34.1 Å². The molecule has 0 atom stereocenters. The number of amides is 1. The van der Waals surface area contributed by atoms with Crippen LogP contribution in [0.25, 0.3) is 17.1 Å². The fourth-order valence-corrected chi connectivity index (χ4v) is 3.65. The van der Waals surface area contributed by atoms with Gasteiger partial charge in [-0.1, -0.05) is 36.4 Å². The molecule has 2 aromatic carbocycles. The maximum absolute atomic E-state index is 11.3. The SMILES string of the molecule is O=CCCCNCCCn1c(CCc2ccccc2)nc2cc(/C=C/C(=O)NO)ccc21. The van der Waals surface area contributed by atoms with E-state index in [0.717, 1.165) is 74.0 Å². The minimum atomic E-state index is -0.570. The number of hydrogen-bond acceptors (Lipinski definition) is 5. The molecule has 0 aliphatic carbocycles. The Hall–Kier alpha value is -3.29. The Morgan fingerprint density at radius 3 is 2.66 bits per heavy atom. The molecular weight excluding hydrogens is 404 g/mol. The summed E-state index contributed by atoms with van der Waals surface area (Å²) in [5.41, 5.74) is 5.67. The molecule has 0 unspecified atom stereocenters. The Labute approximate surface area is 188 Å². The van der Waals surface area contributed by atoms with Crippen LogP contribution < -0.4 is 10.8 Å². The largest absolute Gasteiger partial charge is 0.328 e.